The molecule has 5 heteroatoms. The third-order valence-corrected chi connectivity index (χ3v) is 6.10. The van der Waals surface area contributed by atoms with Crippen LogP contribution in [0.4, 0.5) is 5.69 Å². The Hall–Kier alpha value is -3.47. The Bertz CT molecular complexity index is 1140. The van der Waals surface area contributed by atoms with E-state index in [1.165, 1.54) is 6.42 Å². The van der Waals surface area contributed by atoms with Crippen molar-refractivity contribution in [2.45, 2.75) is 45.4 Å². The van der Waals surface area contributed by atoms with Crippen LogP contribution < -0.4 is 10.7 Å². The number of anilines is 1. The molecule has 0 atom stereocenters. The maximum atomic E-state index is 12.5. The molecule has 0 radical (unpaired) electrons. The van der Waals surface area contributed by atoms with Gasteiger partial charge in [0.2, 0.25) is 11.8 Å². The van der Waals surface area contributed by atoms with Crippen LogP contribution in [-0.2, 0) is 16.0 Å². The molecule has 1 fully saturated rings. The fourth-order valence-corrected chi connectivity index (χ4v) is 4.30. The van der Waals surface area contributed by atoms with E-state index in [1.807, 2.05) is 73.7 Å². The second-order valence-electron chi connectivity index (χ2n) is 8.45. The first kappa shape index (κ1) is 21.8. The normalized spacial score (nSPS) is 14.8. The van der Waals surface area contributed by atoms with Gasteiger partial charge in [-0.15, -0.1) is 0 Å². The minimum absolute atomic E-state index is 0.0971. The van der Waals surface area contributed by atoms with Gasteiger partial charge in [-0.25, -0.2) is 5.43 Å². The number of nitrogens with zero attached hydrogens (tertiary/aromatic N) is 1. The van der Waals surface area contributed by atoms with Crippen LogP contribution in [0.3, 0.4) is 0 Å². The molecule has 0 aliphatic heterocycles. The lowest BCUT2D eigenvalue weighted by atomic mass is 9.88. The summed E-state index contributed by atoms with van der Waals surface area (Å²) in [7, 11) is 0. The Morgan fingerprint density at radius 1 is 0.938 bits per heavy atom. The number of hydrogen-bond acceptors (Lipinski definition) is 3. The number of carbonyl (C=O) groups is 2. The maximum Gasteiger partial charge on any atom is 0.244 e. The molecule has 32 heavy (non-hydrogen) atoms. The van der Waals surface area contributed by atoms with Crippen LogP contribution in [-0.4, -0.2) is 17.5 Å². The van der Waals surface area contributed by atoms with Crippen LogP contribution in [0.5, 0.6) is 0 Å². The number of nitrogens with one attached hydrogen (secondary N) is 2. The molecule has 2 N–H and O–H groups in total. The lowest BCUT2D eigenvalue weighted by molar-refractivity contribution is -0.121. The molecule has 0 saturated heterocycles. The summed E-state index contributed by atoms with van der Waals surface area (Å²) in [5, 5.41) is 9.52. The van der Waals surface area contributed by atoms with Crippen molar-refractivity contribution in [3.8, 4) is 0 Å². The molecule has 3 aromatic carbocycles. The van der Waals surface area contributed by atoms with Crippen molar-refractivity contribution in [2.75, 3.05) is 5.32 Å². The average molecular weight is 428 g/mol. The van der Waals surface area contributed by atoms with Crippen molar-refractivity contribution < 1.29 is 9.59 Å². The Morgan fingerprint density at radius 2 is 1.69 bits per heavy atom. The van der Waals surface area contributed by atoms with E-state index in [1.54, 1.807) is 0 Å². The largest absolute Gasteiger partial charge is 0.326 e. The lowest BCUT2D eigenvalue weighted by Gasteiger charge is -2.20. The van der Waals surface area contributed by atoms with E-state index >= 15 is 0 Å². The van der Waals surface area contributed by atoms with Crippen molar-refractivity contribution in [3.63, 3.8) is 0 Å². The molecule has 1 saturated carbocycles. The summed E-state index contributed by atoms with van der Waals surface area (Å²) in [6.07, 6.45) is 5.67. The second kappa shape index (κ2) is 10.2. The Balaban J connectivity index is 1.38. The van der Waals surface area contributed by atoms with Crippen LogP contribution in [0.1, 0.15) is 50.2 Å². The van der Waals surface area contributed by atoms with E-state index in [2.05, 4.69) is 15.8 Å². The molecule has 3 aromatic rings. The zero-order valence-electron chi connectivity index (χ0n) is 18.4. The maximum absolute atomic E-state index is 12.5. The zero-order valence-corrected chi connectivity index (χ0v) is 18.4. The van der Waals surface area contributed by atoms with E-state index in [4.69, 9.17) is 0 Å². The summed E-state index contributed by atoms with van der Waals surface area (Å²) >= 11 is 0. The molecule has 0 bridgehead atoms. The Labute approximate surface area is 188 Å². The third-order valence-electron chi connectivity index (χ3n) is 6.10. The number of hydrazone groups is 1. The van der Waals surface area contributed by atoms with Crippen LogP contribution in [0.2, 0.25) is 0 Å². The summed E-state index contributed by atoms with van der Waals surface area (Å²) in [4.78, 5) is 25.0. The number of hydrogen-bond donors (Lipinski definition) is 2. The van der Waals surface area contributed by atoms with E-state index in [9.17, 15) is 9.59 Å². The first-order valence-corrected chi connectivity index (χ1v) is 11.3. The summed E-state index contributed by atoms with van der Waals surface area (Å²) in [5.41, 5.74) is 5.94. The smallest absolute Gasteiger partial charge is 0.244 e. The molecule has 4 rings (SSSR count). The van der Waals surface area contributed by atoms with Crippen LogP contribution in [0.15, 0.2) is 71.8 Å². The summed E-state index contributed by atoms with van der Waals surface area (Å²) in [6.45, 7) is 1.85. The number of fused-ring (bicyclic) bond motifs is 1. The molecule has 0 aromatic heterocycles. The van der Waals surface area contributed by atoms with Crippen molar-refractivity contribution in [3.05, 3.63) is 77.9 Å². The van der Waals surface area contributed by atoms with Crippen molar-refractivity contribution in [1.82, 2.24) is 5.43 Å². The van der Waals surface area contributed by atoms with Gasteiger partial charge in [0.1, 0.15) is 0 Å². The Morgan fingerprint density at radius 3 is 2.53 bits per heavy atom. The van der Waals surface area contributed by atoms with Gasteiger partial charge in [-0.1, -0.05) is 73.9 Å². The standard InChI is InChI=1S/C27H29N3O2/c1-19(22-13-8-15-24(17-22)28-27(32)21-10-3-2-4-11-21)29-30-26(31)18-23-14-7-12-20-9-5-6-16-25(20)23/h5-9,12-17,21H,2-4,10-11,18H2,1H3,(H,28,32)(H,30,31)/b29-19-. The molecule has 164 valence electrons. The van der Waals surface area contributed by atoms with Gasteiger partial charge < -0.3 is 5.32 Å². The minimum Gasteiger partial charge on any atom is -0.326 e. The molecule has 0 spiro atoms. The molecule has 2 amide bonds. The van der Waals surface area contributed by atoms with Crippen LogP contribution in [0, 0.1) is 5.92 Å². The van der Waals surface area contributed by atoms with Crippen molar-refractivity contribution >= 4 is 34.0 Å². The molecule has 0 heterocycles. The summed E-state index contributed by atoms with van der Waals surface area (Å²) < 4.78 is 0. The number of rotatable bonds is 6. The highest BCUT2D eigenvalue weighted by molar-refractivity contribution is 6.01. The van der Waals surface area contributed by atoms with E-state index < -0.39 is 0 Å². The lowest BCUT2D eigenvalue weighted by Crippen LogP contribution is -2.24. The highest BCUT2D eigenvalue weighted by Gasteiger charge is 2.21. The molecule has 1 aliphatic carbocycles. The number of amides is 2. The van der Waals surface area contributed by atoms with Crippen LogP contribution in [0.25, 0.3) is 10.8 Å². The van der Waals surface area contributed by atoms with Gasteiger partial charge >= 0.3 is 0 Å². The Kier molecular flexibility index (Phi) is 6.95. The van der Waals surface area contributed by atoms with Gasteiger partial charge in [0, 0.05) is 11.6 Å². The second-order valence-corrected chi connectivity index (χ2v) is 8.45. The van der Waals surface area contributed by atoms with Gasteiger partial charge in [0.25, 0.3) is 0 Å². The first-order valence-electron chi connectivity index (χ1n) is 11.3. The summed E-state index contributed by atoms with van der Waals surface area (Å²) in [6, 6.07) is 21.6. The van der Waals surface area contributed by atoms with E-state index in [0.717, 1.165) is 53.3 Å². The fraction of sp³-hybridized carbons (Fsp3) is 0.296. The van der Waals surface area contributed by atoms with Crippen molar-refractivity contribution in [2.24, 2.45) is 11.0 Å². The predicted molar refractivity (Wildman–Crippen MR) is 130 cm³/mol. The van der Waals surface area contributed by atoms with E-state index in [-0.39, 0.29) is 24.2 Å². The third kappa shape index (κ3) is 5.41. The minimum atomic E-state index is -0.164. The molecular formula is C27H29N3O2. The van der Waals surface area contributed by atoms with Gasteiger partial charge in [-0.05, 0) is 53.8 Å². The monoisotopic (exact) mass is 427 g/mol. The fourth-order valence-electron chi connectivity index (χ4n) is 4.30. The number of benzene rings is 3. The van der Waals surface area contributed by atoms with Crippen molar-refractivity contribution in [1.29, 1.82) is 0 Å². The van der Waals surface area contributed by atoms with Crippen LogP contribution >= 0.6 is 0 Å². The molecule has 5 nitrogen and oxygen atoms in total. The highest BCUT2D eigenvalue weighted by Crippen LogP contribution is 2.25. The topological polar surface area (TPSA) is 70.6 Å². The first-order chi connectivity index (χ1) is 15.6. The SMILES string of the molecule is C/C(=N/NC(=O)Cc1cccc2ccccc12)c1cccc(NC(=O)C2CCCCC2)c1. The summed E-state index contributed by atoms with van der Waals surface area (Å²) in [5.74, 6) is 0.0396. The van der Waals surface area contributed by atoms with Gasteiger partial charge in [0.05, 0.1) is 12.1 Å². The molecular weight excluding hydrogens is 398 g/mol. The molecule has 1 aliphatic rings. The highest BCUT2D eigenvalue weighted by atomic mass is 16.2. The quantitative estimate of drug-likeness (QED) is 0.406. The predicted octanol–water partition coefficient (Wildman–Crippen LogP) is 5.44. The molecule has 0 unspecified atom stereocenters. The average Bonchev–Trinajstić information content (AvgIpc) is 2.83. The van der Waals surface area contributed by atoms with Gasteiger partial charge in [0.15, 0.2) is 0 Å². The number of carbonyl (C=O) groups excluding carboxylic acids is 2. The van der Waals surface area contributed by atoms with Gasteiger partial charge in [-0.3, -0.25) is 9.59 Å². The van der Waals surface area contributed by atoms with E-state index in [0.29, 0.717) is 5.71 Å². The van der Waals surface area contributed by atoms with Gasteiger partial charge in [-0.2, -0.15) is 5.10 Å². The zero-order chi connectivity index (χ0) is 22.3.